The fraction of sp³-hybridized carbons (Fsp3) is 0.333. The topological polar surface area (TPSA) is 15.3 Å². The van der Waals surface area contributed by atoms with Gasteiger partial charge in [0.15, 0.2) is 0 Å². The van der Waals surface area contributed by atoms with E-state index >= 15 is 0 Å². The summed E-state index contributed by atoms with van der Waals surface area (Å²) in [6, 6.07) is 17.5. The van der Waals surface area contributed by atoms with Crippen molar-refractivity contribution in [3.63, 3.8) is 0 Å². The lowest BCUT2D eigenvalue weighted by Gasteiger charge is -2.19. The second kappa shape index (κ2) is 7.11. The van der Waals surface area contributed by atoms with Gasteiger partial charge in [-0.1, -0.05) is 48.9 Å². The molecule has 0 bridgehead atoms. The molecule has 0 aliphatic heterocycles. The minimum Gasteiger partial charge on any atom is -0.370 e. The van der Waals surface area contributed by atoms with Crippen LogP contribution in [0.4, 0.5) is 5.69 Å². The smallest absolute Gasteiger partial charge is 0.0426 e. The van der Waals surface area contributed by atoms with E-state index in [0.717, 1.165) is 19.6 Å². The molecule has 2 aromatic rings. The van der Waals surface area contributed by atoms with E-state index in [4.69, 9.17) is 0 Å². The Hall–Kier alpha value is -1.80. The van der Waals surface area contributed by atoms with Crippen LogP contribution in [0.15, 0.2) is 48.5 Å². The lowest BCUT2D eigenvalue weighted by Crippen LogP contribution is -2.16. The maximum absolute atomic E-state index is 3.35. The zero-order valence-electron chi connectivity index (χ0n) is 12.7. The number of benzene rings is 2. The second-order valence-electron chi connectivity index (χ2n) is 5.29. The highest BCUT2D eigenvalue weighted by atomic mass is 15.1. The normalized spacial score (nSPS) is 10.6. The van der Waals surface area contributed by atoms with Gasteiger partial charge in [-0.15, -0.1) is 0 Å². The van der Waals surface area contributed by atoms with Crippen LogP contribution in [0.3, 0.4) is 0 Å². The molecule has 0 saturated carbocycles. The molecule has 0 aliphatic carbocycles. The SMILES string of the molecule is CCNCc1ccc(CN(C)c2ccc(C)cc2)cc1. The van der Waals surface area contributed by atoms with Crippen LogP contribution in [0, 0.1) is 6.92 Å². The molecule has 0 aliphatic rings. The molecule has 0 atom stereocenters. The van der Waals surface area contributed by atoms with Crippen LogP contribution >= 0.6 is 0 Å². The largest absolute Gasteiger partial charge is 0.370 e. The van der Waals surface area contributed by atoms with E-state index in [1.807, 2.05) is 0 Å². The van der Waals surface area contributed by atoms with Crippen LogP contribution in [0.1, 0.15) is 23.6 Å². The van der Waals surface area contributed by atoms with Gasteiger partial charge in [-0.2, -0.15) is 0 Å². The lowest BCUT2D eigenvalue weighted by atomic mass is 10.1. The summed E-state index contributed by atoms with van der Waals surface area (Å²) < 4.78 is 0. The highest BCUT2D eigenvalue weighted by Crippen LogP contribution is 2.16. The number of rotatable bonds is 6. The Morgan fingerprint density at radius 1 is 0.900 bits per heavy atom. The molecular formula is C18H24N2. The average molecular weight is 268 g/mol. The van der Waals surface area contributed by atoms with E-state index in [0.29, 0.717) is 0 Å². The van der Waals surface area contributed by atoms with Crippen molar-refractivity contribution in [1.82, 2.24) is 5.32 Å². The van der Waals surface area contributed by atoms with Crippen molar-refractivity contribution in [2.75, 3.05) is 18.5 Å². The number of hydrogen-bond donors (Lipinski definition) is 1. The van der Waals surface area contributed by atoms with Gasteiger partial charge in [0.25, 0.3) is 0 Å². The number of aryl methyl sites for hydroxylation is 1. The Kier molecular flexibility index (Phi) is 5.19. The first-order valence-electron chi connectivity index (χ1n) is 7.25. The van der Waals surface area contributed by atoms with Gasteiger partial charge in [0.2, 0.25) is 0 Å². The van der Waals surface area contributed by atoms with E-state index in [-0.39, 0.29) is 0 Å². The first kappa shape index (κ1) is 14.6. The highest BCUT2D eigenvalue weighted by molar-refractivity contribution is 5.47. The van der Waals surface area contributed by atoms with Crippen molar-refractivity contribution in [3.05, 3.63) is 65.2 Å². The van der Waals surface area contributed by atoms with Gasteiger partial charge in [0, 0.05) is 25.8 Å². The van der Waals surface area contributed by atoms with E-state index in [9.17, 15) is 0 Å². The number of anilines is 1. The zero-order valence-corrected chi connectivity index (χ0v) is 12.7. The molecule has 106 valence electrons. The third-order valence-corrected chi connectivity index (χ3v) is 3.50. The Balaban J connectivity index is 1.97. The van der Waals surface area contributed by atoms with Crippen molar-refractivity contribution in [3.8, 4) is 0 Å². The average Bonchev–Trinajstić information content (AvgIpc) is 2.47. The molecule has 0 saturated heterocycles. The van der Waals surface area contributed by atoms with E-state index in [1.165, 1.54) is 22.4 Å². The molecule has 2 aromatic carbocycles. The fourth-order valence-electron chi connectivity index (χ4n) is 2.20. The summed E-state index contributed by atoms with van der Waals surface area (Å²) in [4.78, 5) is 2.28. The molecule has 2 heteroatoms. The summed E-state index contributed by atoms with van der Waals surface area (Å²) in [5, 5.41) is 3.35. The van der Waals surface area contributed by atoms with Crippen LogP contribution in [-0.2, 0) is 13.1 Å². The van der Waals surface area contributed by atoms with Crippen LogP contribution in [-0.4, -0.2) is 13.6 Å². The zero-order chi connectivity index (χ0) is 14.4. The van der Waals surface area contributed by atoms with Crippen molar-refractivity contribution < 1.29 is 0 Å². The Morgan fingerprint density at radius 2 is 1.50 bits per heavy atom. The summed E-state index contributed by atoms with van der Waals surface area (Å²) in [6.45, 7) is 7.14. The Morgan fingerprint density at radius 3 is 2.10 bits per heavy atom. The molecule has 0 amide bonds. The van der Waals surface area contributed by atoms with Crippen molar-refractivity contribution in [2.24, 2.45) is 0 Å². The molecule has 0 aromatic heterocycles. The molecule has 20 heavy (non-hydrogen) atoms. The third-order valence-electron chi connectivity index (χ3n) is 3.50. The van der Waals surface area contributed by atoms with E-state index in [2.05, 4.69) is 79.6 Å². The van der Waals surface area contributed by atoms with Gasteiger partial charge in [0.1, 0.15) is 0 Å². The predicted molar refractivity (Wildman–Crippen MR) is 87.1 cm³/mol. The third kappa shape index (κ3) is 4.10. The Bertz CT molecular complexity index is 514. The summed E-state index contributed by atoms with van der Waals surface area (Å²) >= 11 is 0. The highest BCUT2D eigenvalue weighted by Gasteiger charge is 2.02. The van der Waals surface area contributed by atoms with Crippen molar-refractivity contribution >= 4 is 5.69 Å². The molecule has 0 spiro atoms. The van der Waals surface area contributed by atoms with E-state index in [1.54, 1.807) is 0 Å². The first-order valence-corrected chi connectivity index (χ1v) is 7.25. The summed E-state index contributed by atoms with van der Waals surface area (Å²) in [5.41, 5.74) is 5.24. The van der Waals surface area contributed by atoms with Crippen LogP contribution in [0.2, 0.25) is 0 Å². The van der Waals surface area contributed by atoms with Gasteiger partial charge in [0.05, 0.1) is 0 Å². The minimum absolute atomic E-state index is 0.935. The fourth-order valence-corrected chi connectivity index (χ4v) is 2.20. The molecule has 0 fully saturated rings. The summed E-state index contributed by atoms with van der Waals surface area (Å²) in [5.74, 6) is 0. The molecule has 2 nitrogen and oxygen atoms in total. The molecule has 0 unspecified atom stereocenters. The van der Waals surface area contributed by atoms with Gasteiger partial charge in [-0.05, 0) is 36.7 Å². The summed E-state index contributed by atoms with van der Waals surface area (Å²) in [6.07, 6.45) is 0. The molecule has 2 rings (SSSR count). The van der Waals surface area contributed by atoms with Crippen LogP contribution in [0.5, 0.6) is 0 Å². The quantitative estimate of drug-likeness (QED) is 0.858. The van der Waals surface area contributed by atoms with Gasteiger partial charge in [-0.25, -0.2) is 0 Å². The standard InChI is InChI=1S/C18H24N2/c1-4-19-13-16-7-9-17(10-8-16)14-20(3)18-11-5-15(2)6-12-18/h5-12,19H,4,13-14H2,1-3H3. The second-order valence-corrected chi connectivity index (χ2v) is 5.29. The molecule has 0 heterocycles. The van der Waals surface area contributed by atoms with Crippen molar-refractivity contribution in [2.45, 2.75) is 26.9 Å². The molecule has 0 radical (unpaired) electrons. The number of nitrogens with one attached hydrogen (secondary N) is 1. The molecule has 1 N–H and O–H groups in total. The number of nitrogens with zero attached hydrogens (tertiary/aromatic N) is 1. The van der Waals surface area contributed by atoms with Gasteiger partial charge in [-0.3, -0.25) is 0 Å². The number of hydrogen-bond acceptors (Lipinski definition) is 2. The van der Waals surface area contributed by atoms with Crippen LogP contribution in [0.25, 0.3) is 0 Å². The van der Waals surface area contributed by atoms with Gasteiger partial charge < -0.3 is 10.2 Å². The van der Waals surface area contributed by atoms with Gasteiger partial charge >= 0.3 is 0 Å². The summed E-state index contributed by atoms with van der Waals surface area (Å²) in [7, 11) is 2.14. The Labute approximate surface area is 122 Å². The maximum Gasteiger partial charge on any atom is 0.0426 e. The predicted octanol–water partition coefficient (Wildman–Crippen LogP) is 3.74. The monoisotopic (exact) mass is 268 g/mol. The minimum atomic E-state index is 0.935. The van der Waals surface area contributed by atoms with Crippen molar-refractivity contribution in [1.29, 1.82) is 0 Å². The first-order chi connectivity index (χ1) is 9.69. The lowest BCUT2D eigenvalue weighted by molar-refractivity contribution is 0.726. The maximum atomic E-state index is 3.35. The molecular weight excluding hydrogens is 244 g/mol. The van der Waals surface area contributed by atoms with Crippen LogP contribution < -0.4 is 10.2 Å². The van der Waals surface area contributed by atoms with E-state index < -0.39 is 0 Å².